The first-order valence-corrected chi connectivity index (χ1v) is 11.3. The zero-order chi connectivity index (χ0) is 21.3. The van der Waals surface area contributed by atoms with Crippen molar-refractivity contribution >= 4 is 53.4 Å². The van der Waals surface area contributed by atoms with Gasteiger partial charge in [-0.1, -0.05) is 57.2 Å². The van der Waals surface area contributed by atoms with Crippen LogP contribution in [0.1, 0.15) is 26.3 Å². The average Bonchev–Trinajstić information content (AvgIpc) is 3.30. The number of phenols is 1. The number of fused-ring (bicyclic) bond motifs is 6. The van der Waals surface area contributed by atoms with Crippen LogP contribution in [0.3, 0.4) is 0 Å². The van der Waals surface area contributed by atoms with Gasteiger partial charge in [0.05, 0.1) is 0 Å². The molecule has 6 rings (SSSR count). The molecule has 0 aliphatic heterocycles. The van der Waals surface area contributed by atoms with E-state index in [1.165, 1.54) is 10.3 Å². The standard InChI is InChI=1S/C28H22O2S/c1-28(2,3)18-9-10-20-25(15-18)31-26-14-17(13-22(29)27(20)26)16-8-11-24-21(12-16)19-6-4-5-7-23(19)30-24/h4-15,29H,1-3H3. The Bertz CT molecular complexity index is 1630. The van der Waals surface area contributed by atoms with Crippen LogP contribution < -0.4 is 0 Å². The Labute approximate surface area is 184 Å². The average molecular weight is 423 g/mol. The highest BCUT2D eigenvalue weighted by Gasteiger charge is 2.17. The third kappa shape index (κ3) is 2.84. The van der Waals surface area contributed by atoms with E-state index in [1.807, 2.05) is 30.3 Å². The fraction of sp³-hybridized carbons (Fsp3) is 0.143. The number of hydrogen-bond acceptors (Lipinski definition) is 3. The van der Waals surface area contributed by atoms with Crippen LogP contribution in [0.5, 0.6) is 5.75 Å². The molecule has 2 aromatic heterocycles. The van der Waals surface area contributed by atoms with Crippen molar-refractivity contribution in [1.29, 1.82) is 0 Å². The maximum Gasteiger partial charge on any atom is 0.135 e. The summed E-state index contributed by atoms with van der Waals surface area (Å²) in [5, 5.41) is 15.2. The van der Waals surface area contributed by atoms with Gasteiger partial charge in [-0.2, -0.15) is 0 Å². The zero-order valence-electron chi connectivity index (χ0n) is 17.7. The number of hydrogen-bond donors (Lipinski definition) is 1. The number of rotatable bonds is 1. The zero-order valence-corrected chi connectivity index (χ0v) is 18.5. The Balaban J connectivity index is 1.56. The monoisotopic (exact) mass is 422 g/mol. The molecule has 2 nitrogen and oxygen atoms in total. The Hall–Kier alpha value is -3.30. The van der Waals surface area contributed by atoms with E-state index < -0.39 is 0 Å². The van der Waals surface area contributed by atoms with E-state index in [2.05, 4.69) is 63.2 Å². The summed E-state index contributed by atoms with van der Waals surface area (Å²) in [7, 11) is 0. The lowest BCUT2D eigenvalue weighted by atomic mass is 9.87. The van der Waals surface area contributed by atoms with Gasteiger partial charge in [0, 0.05) is 30.9 Å². The summed E-state index contributed by atoms with van der Waals surface area (Å²) in [6.45, 7) is 6.69. The van der Waals surface area contributed by atoms with Gasteiger partial charge in [-0.3, -0.25) is 0 Å². The van der Waals surface area contributed by atoms with Gasteiger partial charge < -0.3 is 9.52 Å². The number of para-hydroxylation sites is 1. The Morgan fingerprint density at radius 3 is 2.35 bits per heavy atom. The van der Waals surface area contributed by atoms with E-state index in [9.17, 15) is 5.11 Å². The Morgan fingerprint density at radius 1 is 0.710 bits per heavy atom. The van der Waals surface area contributed by atoms with E-state index in [0.717, 1.165) is 48.5 Å². The Kier molecular flexibility index (Phi) is 3.78. The van der Waals surface area contributed by atoms with Crippen LogP contribution in [0.4, 0.5) is 0 Å². The van der Waals surface area contributed by atoms with Gasteiger partial charge in [-0.25, -0.2) is 0 Å². The van der Waals surface area contributed by atoms with Crippen LogP contribution in [0.15, 0.2) is 77.2 Å². The minimum atomic E-state index is 0.0976. The van der Waals surface area contributed by atoms with Crippen LogP contribution in [0.25, 0.3) is 53.2 Å². The second kappa shape index (κ2) is 6.35. The van der Waals surface area contributed by atoms with E-state index in [4.69, 9.17) is 4.42 Å². The largest absolute Gasteiger partial charge is 0.507 e. The van der Waals surface area contributed by atoms with Crippen LogP contribution >= 0.6 is 11.3 Å². The second-order valence-corrected chi connectivity index (χ2v) is 10.3. The van der Waals surface area contributed by atoms with E-state index >= 15 is 0 Å². The van der Waals surface area contributed by atoms with Crippen molar-refractivity contribution in [3.63, 3.8) is 0 Å². The number of thiophene rings is 1. The lowest BCUT2D eigenvalue weighted by Crippen LogP contribution is -2.10. The van der Waals surface area contributed by atoms with E-state index in [1.54, 1.807) is 11.3 Å². The molecule has 0 saturated heterocycles. The molecule has 0 bridgehead atoms. The molecule has 0 saturated carbocycles. The van der Waals surface area contributed by atoms with Crippen molar-refractivity contribution < 1.29 is 9.52 Å². The molecule has 0 unspecified atom stereocenters. The highest BCUT2D eigenvalue weighted by Crippen LogP contribution is 2.43. The van der Waals surface area contributed by atoms with Gasteiger partial charge in [0.25, 0.3) is 0 Å². The molecule has 0 amide bonds. The van der Waals surface area contributed by atoms with Gasteiger partial charge >= 0.3 is 0 Å². The molecule has 0 aliphatic rings. The summed E-state index contributed by atoms with van der Waals surface area (Å²) in [4.78, 5) is 0. The molecule has 152 valence electrons. The van der Waals surface area contributed by atoms with Crippen LogP contribution in [0.2, 0.25) is 0 Å². The molecule has 6 aromatic rings. The highest BCUT2D eigenvalue weighted by molar-refractivity contribution is 7.25. The topological polar surface area (TPSA) is 33.4 Å². The third-order valence-corrected chi connectivity index (χ3v) is 7.23. The maximum absolute atomic E-state index is 11.0. The molecule has 0 aliphatic carbocycles. The first-order valence-electron chi connectivity index (χ1n) is 10.5. The molecule has 0 radical (unpaired) electrons. The van der Waals surface area contributed by atoms with Crippen molar-refractivity contribution in [1.82, 2.24) is 0 Å². The predicted molar refractivity (Wildman–Crippen MR) is 132 cm³/mol. The first-order chi connectivity index (χ1) is 14.9. The summed E-state index contributed by atoms with van der Waals surface area (Å²) < 4.78 is 8.29. The first kappa shape index (κ1) is 18.5. The lowest BCUT2D eigenvalue weighted by Gasteiger charge is -2.18. The van der Waals surface area contributed by atoms with E-state index in [0.29, 0.717) is 5.75 Å². The summed E-state index contributed by atoms with van der Waals surface area (Å²) in [5.41, 5.74) is 5.27. The minimum absolute atomic E-state index is 0.0976. The molecule has 2 heterocycles. The number of furan rings is 1. The van der Waals surface area contributed by atoms with Crippen LogP contribution in [-0.2, 0) is 5.41 Å². The highest BCUT2D eigenvalue weighted by atomic mass is 32.1. The van der Waals surface area contributed by atoms with Gasteiger partial charge in [0.2, 0.25) is 0 Å². The molecule has 0 atom stereocenters. The molecule has 0 spiro atoms. The number of aromatic hydroxyl groups is 1. The van der Waals surface area contributed by atoms with Crippen LogP contribution in [-0.4, -0.2) is 5.11 Å². The summed E-state index contributed by atoms with van der Waals surface area (Å²) >= 11 is 1.74. The fourth-order valence-electron chi connectivity index (χ4n) is 4.42. The normalized spacial score (nSPS) is 12.5. The van der Waals surface area contributed by atoms with Gasteiger partial charge in [0.1, 0.15) is 16.9 Å². The summed E-state index contributed by atoms with van der Waals surface area (Å²) in [5.74, 6) is 0.333. The molecular formula is C28H22O2S. The third-order valence-electron chi connectivity index (χ3n) is 6.13. The van der Waals surface area contributed by atoms with E-state index in [-0.39, 0.29) is 5.41 Å². The smallest absolute Gasteiger partial charge is 0.135 e. The van der Waals surface area contributed by atoms with Gasteiger partial charge in [-0.15, -0.1) is 11.3 Å². The summed E-state index contributed by atoms with van der Waals surface area (Å²) in [6.07, 6.45) is 0. The number of phenolic OH excluding ortho intramolecular Hbond substituents is 1. The van der Waals surface area contributed by atoms with Crippen LogP contribution in [0, 0.1) is 0 Å². The van der Waals surface area contributed by atoms with Crippen molar-refractivity contribution in [2.45, 2.75) is 26.2 Å². The fourth-order valence-corrected chi connectivity index (χ4v) is 5.63. The van der Waals surface area contributed by atoms with Crippen molar-refractivity contribution in [3.8, 4) is 16.9 Å². The molecule has 1 N–H and O–H groups in total. The maximum atomic E-state index is 11.0. The minimum Gasteiger partial charge on any atom is -0.507 e. The summed E-state index contributed by atoms with van der Waals surface area (Å²) in [6, 6.07) is 25.0. The molecular weight excluding hydrogens is 400 g/mol. The molecule has 4 aromatic carbocycles. The van der Waals surface area contributed by atoms with Gasteiger partial charge in [0.15, 0.2) is 0 Å². The lowest BCUT2D eigenvalue weighted by molar-refractivity contribution is 0.482. The van der Waals surface area contributed by atoms with Gasteiger partial charge in [-0.05, 0) is 58.5 Å². The van der Waals surface area contributed by atoms with Crippen molar-refractivity contribution in [2.24, 2.45) is 0 Å². The second-order valence-electron chi connectivity index (χ2n) is 9.24. The quantitative estimate of drug-likeness (QED) is 0.288. The molecule has 0 fully saturated rings. The molecule has 31 heavy (non-hydrogen) atoms. The molecule has 3 heteroatoms. The Morgan fingerprint density at radius 2 is 1.52 bits per heavy atom. The number of benzene rings is 4. The van der Waals surface area contributed by atoms with Crippen molar-refractivity contribution in [3.05, 3.63) is 78.4 Å². The SMILES string of the molecule is CC(C)(C)c1ccc2c(c1)sc1cc(-c3ccc4oc5ccccc5c4c3)cc(O)c12. The predicted octanol–water partition coefficient (Wildman–Crippen LogP) is 8.62. The van der Waals surface area contributed by atoms with Crippen molar-refractivity contribution in [2.75, 3.05) is 0 Å².